The number of rotatable bonds is 3. The summed E-state index contributed by atoms with van der Waals surface area (Å²) in [4.78, 5) is 19.6. The van der Waals surface area contributed by atoms with Crippen LogP contribution in [0.4, 0.5) is 5.95 Å². The average molecular weight is 375 g/mol. The third-order valence-corrected chi connectivity index (χ3v) is 7.27. The maximum atomic E-state index is 11.3. The van der Waals surface area contributed by atoms with Crippen molar-refractivity contribution in [3.63, 3.8) is 0 Å². The summed E-state index contributed by atoms with van der Waals surface area (Å²) in [6.07, 6.45) is 5.95. The zero-order valence-corrected chi connectivity index (χ0v) is 15.3. The molecular formula is C18H21N3O4S. The summed E-state index contributed by atoms with van der Waals surface area (Å²) >= 11 is 1.37. The van der Waals surface area contributed by atoms with Crippen LogP contribution in [0.1, 0.15) is 64.0 Å². The van der Waals surface area contributed by atoms with E-state index in [1.165, 1.54) is 17.8 Å². The maximum absolute atomic E-state index is 11.3. The smallest absolute Gasteiger partial charge is 0.345 e. The third kappa shape index (κ3) is 2.54. The molecule has 5 rings (SSSR count). The van der Waals surface area contributed by atoms with E-state index in [9.17, 15) is 9.90 Å². The fourth-order valence-corrected chi connectivity index (χ4v) is 5.39. The molecule has 1 saturated carbocycles. The fraction of sp³-hybridized carbons (Fsp3) is 0.611. The molecule has 0 aromatic carbocycles. The Kier molecular flexibility index (Phi) is 3.79. The second kappa shape index (κ2) is 6.06. The Labute approximate surface area is 155 Å². The molecule has 0 unspecified atom stereocenters. The van der Waals surface area contributed by atoms with E-state index in [-0.39, 0.29) is 5.60 Å². The van der Waals surface area contributed by atoms with Gasteiger partial charge in [0.15, 0.2) is 0 Å². The number of aromatic nitrogens is 2. The standard InChI is InChI=1S/C18H21N3O4S/c22-16(23)13-10-12-4-9-24-18(14(12)26-13)5-7-21(8-6-18)17-19-15(25-20-17)11-2-1-3-11/h10-11H,1-9H2,(H,22,23). The molecule has 1 spiro atoms. The van der Waals surface area contributed by atoms with E-state index in [1.807, 2.05) is 6.07 Å². The number of carbonyl (C=O) groups is 1. The molecule has 2 fully saturated rings. The number of ether oxygens (including phenoxy) is 1. The van der Waals surface area contributed by atoms with E-state index in [4.69, 9.17) is 9.26 Å². The Morgan fingerprint density at radius 3 is 2.85 bits per heavy atom. The van der Waals surface area contributed by atoms with Crippen LogP contribution in [0.3, 0.4) is 0 Å². The van der Waals surface area contributed by atoms with E-state index in [2.05, 4.69) is 15.0 Å². The fourth-order valence-electron chi connectivity index (χ4n) is 4.14. The van der Waals surface area contributed by atoms with Crippen molar-refractivity contribution in [2.24, 2.45) is 0 Å². The van der Waals surface area contributed by atoms with Gasteiger partial charge in [-0.05, 0) is 48.9 Å². The highest BCUT2D eigenvalue weighted by molar-refractivity contribution is 7.14. The number of thiophene rings is 1. The predicted molar refractivity (Wildman–Crippen MR) is 94.9 cm³/mol. The lowest BCUT2D eigenvalue weighted by Crippen LogP contribution is -2.46. The zero-order chi connectivity index (χ0) is 17.7. The summed E-state index contributed by atoms with van der Waals surface area (Å²) in [7, 11) is 0. The molecule has 2 aromatic heterocycles. The second-order valence-corrected chi connectivity index (χ2v) is 8.46. The van der Waals surface area contributed by atoms with Crippen LogP contribution in [0.2, 0.25) is 0 Å². The van der Waals surface area contributed by atoms with Crippen LogP contribution >= 0.6 is 11.3 Å². The molecule has 4 heterocycles. The van der Waals surface area contributed by atoms with Crippen LogP contribution in [-0.2, 0) is 16.8 Å². The summed E-state index contributed by atoms with van der Waals surface area (Å²) < 4.78 is 11.7. The molecule has 1 N–H and O–H groups in total. The molecule has 3 aliphatic rings. The molecule has 1 saturated heterocycles. The lowest BCUT2D eigenvalue weighted by molar-refractivity contribution is -0.0736. The van der Waals surface area contributed by atoms with Gasteiger partial charge in [0.25, 0.3) is 5.95 Å². The van der Waals surface area contributed by atoms with Crippen molar-refractivity contribution >= 4 is 23.3 Å². The minimum absolute atomic E-state index is 0.358. The lowest BCUT2D eigenvalue weighted by atomic mass is 9.85. The number of hydrogen-bond acceptors (Lipinski definition) is 7. The molecule has 1 aliphatic carbocycles. The van der Waals surface area contributed by atoms with Gasteiger partial charge >= 0.3 is 5.97 Å². The van der Waals surface area contributed by atoms with Gasteiger partial charge in [-0.25, -0.2) is 4.79 Å². The summed E-state index contributed by atoms with van der Waals surface area (Å²) in [6, 6.07) is 1.82. The van der Waals surface area contributed by atoms with Crippen molar-refractivity contribution < 1.29 is 19.2 Å². The normalized spacial score (nSPS) is 22.2. The van der Waals surface area contributed by atoms with Gasteiger partial charge in [-0.3, -0.25) is 0 Å². The molecule has 7 nitrogen and oxygen atoms in total. The first-order valence-corrected chi connectivity index (χ1v) is 10.1. The zero-order valence-electron chi connectivity index (χ0n) is 14.4. The number of piperidine rings is 1. The predicted octanol–water partition coefficient (Wildman–Crippen LogP) is 3.17. The molecular weight excluding hydrogens is 354 g/mol. The van der Waals surface area contributed by atoms with E-state index in [0.29, 0.717) is 23.4 Å². The van der Waals surface area contributed by atoms with E-state index in [0.717, 1.165) is 61.5 Å². The lowest BCUT2D eigenvalue weighted by Gasteiger charge is -2.43. The minimum atomic E-state index is -0.854. The Hall–Kier alpha value is -1.93. The van der Waals surface area contributed by atoms with Gasteiger partial charge in [0, 0.05) is 23.9 Å². The van der Waals surface area contributed by atoms with Crippen LogP contribution in [0.15, 0.2) is 10.6 Å². The second-order valence-electron chi connectivity index (χ2n) is 7.41. The van der Waals surface area contributed by atoms with Gasteiger partial charge in [-0.15, -0.1) is 11.3 Å². The number of carboxylic acid groups (broad SMARTS) is 1. The number of anilines is 1. The molecule has 0 radical (unpaired) electrons. The van der Waals surface area contributed by atoms with Crippen LogP contribution < -0.4 is 4.90 Å². The van der Waals surface area contributed by atoms with Crippen molar-refractivity contribution in [1.29, 1.82) is 0 Å². The first kappa shape index (κ1) is 16.3. The van der Waals surface area contributed by atoms with Crippen molar-refractivity contribution in [2.75, 3.05) is 24.6 Å². The maximum Gasteiger partial charge on any atom is 0.345 e. The van der Waals surface area contributed by atoms with Crippen LogP contribution in [0, 0.1) is 0 Å². The van der Waals surface area contributed by atoms with Crippen LogP contribution in [-0.4, -0.2) is 40.9 Å². The monoisotopic (exact) mass is 375 g/mol. The highest BCUT2D eigenvalue weighted by Gasteiger charge is 2.43. The SMILES string of the molecule is O=C(O)c1cc2c(s1)C1(CCN(c3noc(C4CCC4)n3)CC1)OCC2. The van der Waals surface area contributed by atoms with Crippen molar-refractivity contribution in [1.82, 2.24) is 10.1 Å². The Morgan fingerprint density at radius 2 is 2.15 bits per heavy atom. The first-order valence-electron chi connectivity index (χ1n) is 9.24. The third-order valence-electron chi connectivity index (χ3n) is 5.92. The summed E-state index contributed by atoms with van der Waals surface area (Å²) in [5.74, 6) is 1.03. The average Bonchev–Trinajstić information content (AvgIpc) is 3.22. The number of fused-ring (bicyclic) bond motifs is 2. The molecule has 0 amide bonds. The molecule has 138 valence electrons. The van der Waals surface area contributed by atoms with E-state index >= 15 is 0 Å². The molecule has 2 aromatic rings. The van der Waals surface area contributed by atoms with E-state index in [1.54, 1.807) is 0 Å². The summed E-state index contributed by atoms with van der Waals surface area (Å²) in [5.41, 5.74) is 0.780. The highest BCUT2D eigenvalue weighted by atomic mass is 32.1. The largest absolute Gasteiger partial charge is 0.477 e. The first-order chi connectivity index (χ1) is 12.6. The number of aromatic carboxylic acids is 1. The van der Waals surface area contributed by atoms with Crippen molar-refractivity contribution in [3.8, 4) is 0 Å². The Bertz CT molecular complexity index is 833. The van der Waals surface area contributed by atoms with Crippen molar-refractivity contribution in [3.05, 3.63) is 27.3 Å². The van der Waals surface area contributed by atoms with Crippen LogP contribution in [0.25, 0.3) is 0 Å². The molecule has 26 heavy (non-hydrogen) atoms. The molecule has 0 bridgehead atoms. The van der Waals surface area contributed by atoms with E-state index < -0.39 is 5.97 Å². The number of hydrogen-bond donors (Lipinski definition) is 1. The van der Waals surface area contributed by atoms with Gasteiger partial charge in [-0.2, -0.15) is 4.98 Å². The number of carboxylic acids is 1. The highest BCUT2D eigenvalue weighted by Crippen LogP contribution is 2.46. The quantitative estimate of drug-likeness (QED) is 0.881. The molecule has 0 atom stereocenters. The Balaban J connectivity index is 1.34. The van der Waals surface area contributed by atoms with Crippen LogP contribution in [0.5, 0.6) is 0 Å². The number of nitrogens with zero attached hydrogens (tertiary/aromatic N) is 3. The van der Waals surface area contributed by atoms with Gasteiger partial charge in [-0.1, -0.05) is 6.42 Å². The Morgan fingerprint density at radius 1 is 1.35 bits per heavy atom. The topological polar surface area (TPSA) is 88.7 Å². The minimum Gasteiger partial charge on any atom is -0.477 e. The summed E-state index contributed by atoms with van der Waals surface area (Å²) in [6.45, 7) is 2.21. The van der Waals surface area contributed by atoms with Gasteiger partial charge in [0.2, 0.25) is 5.89 Å². The van der Waals surface area contributed by atoms with Gasteiger partial charge in [0.1, 0.15) is 10.5 Å². The van der Waals surface area contributed by atoms with Gasteiger partial charge < -0.3 is 19.3 Å². The summed E-state index contributed by atoms with van der Waals surface area (Å²) in [5, 5.41) is 13.5. The van der Waals surface area contributed by atoms with Gasteiger partial charge in [0.05, 0.1) is 6.61 Å². The molecule has 8 heteroatoms. The van der Waals surface area contributed by atoms with Crippen molar-refractivity contribution in [2.45, 2.75) is 50.0 Å². The molecule has 2 aliphatic heterocycles.